The Hall–Kier alpha value is -3.65. The van der Waals surface area contributed by atoms with Crippen molar-refractivity contribution in [2.75, 3.05) is 25.6 Å². The van der Waals surface area contributed by atoms with E-state index in [9.17, 15) is 13.6 Å². The summed E-state index contributed by atoms with van der Waals surface area (Å²) >= 11 is 0. The van der Waals surface area contributed by atoms with Crippen LogP contribution in [-0.2, 0) is 4.74 Å². The van der Waals surface area contributed by atoms with E-state index >= 15 is 0 Å². The molecule has 0 aliphatic carbocycles. The maximum absolute atomic E-state index is 13.9. The van der Waals surface area contributed by atoms with E-state index in [2.05, 4.69) is 15.3 Å². The highest BCUT2D eigenvalue weighted by Gasteiger charge is 2.11. The standard InChI is InChI=1S/C23H21F2N3O3/c1-30-9-2-10-31-20-12-16(3-4-17-13-19(24)5-6-21(17)25)11-18(14-20)23(29)28-22-15-26-7-8-27-22/h3-8,11-15H,2,9-10H2,1H3,(H,27,28,29)/b4-3+. The van der Waals surface area contributed by atoms with Crippen LogP contribution in [0.15, 0.2) is 55.0 Å². The van der Waals surface area contributed by atoms with E-state index in [4.69, 9.17) is 9.47 Å². The van der Waals surface area contributed by atoms with Crippen LogP contribution in [-0.4, -0.2) is 36.2 Å². The maximum atomic E-state index is 13.9. The van der Waals surface area contributed by atoms with Crippen LogP contribution in [0.4, 0.5) is 14.6 Å². The molecule has 0 aliphatic rings. The van der Waals surface area contributed by atoms with Gasteiger partial charge in [-0.1, -0.05) is 12.2 Å². The number of aromatic nitrogens is 2. The summed E-state index contributed by atoms with van der Waals surface area (Å²) in [5.41, 5.74) is 0.989. The van der Waals surface area contributed by atoms with Gasteiger partial charge in [-0.05, 0) is 42.0 Å². The first-order valence-electron chi connectivity index (χ1n) is 9.52. The average molecular weight is 425 g/mol. The fourth-order valence-corrected chi connectivity index (χ4v) is 2.71. The van der Waals surface area contributed by atoms with E-state index in [0.29, 0.717) is 42.3 Å². The van der Waals surface area contributed by atoms with Crippen molar-refractivity contribution in [2.45, 2.75) is 6.42 Å². The van der Waals surface area contributed by atoms with Crippen molar-refractivity contribution in [3.63, 3.8) is 0 Å². The molecule has 1 amide bonds. The van der Waals surface area contributed by atoms with Gasteiger partial charge >= 0.3 is 0 Å². The summed E-state index contributed by atoms with van der Waals surface area (Å²) in [4.78, 5) is 20.6. The van der Waals surface area contributed by atoms with Gasteiger partial charge in [0.2, 0.25) is 0 Å². The van der Waals surface area contributed by atoms with Gasteiger partial charge in [-0.25, -0.2) is 13.8 Å². The third-order valence-corrected chi connectivity index (χ3v) is 4.17. The molecule has 0 spiro atoms. The lowest BCUT2D eigenvalue weighted by Crippen LogP contribution is -2.13. The molecule has 31 heavy (non-hydrogen) atoms. The van der Waals surface area contributed by atoms with E-state index in [1.54, 1.807) is 31.4 Å². The van der Waals surface area contributed by atoms with Crippen molar-refractivity contribution in [1.29, 1.82) is 0 Å². The molecule has 160 valence electrons. The molecule has 0 bridgehead atoms. The SMILES string of the molecule is COCCCOc1cc(/C=C/c2cc(F)ccc2F)cc(C(=O)Nc2cnccn2)c1. The first-order chi connectivity index (χ1) is 15.0. The predicted molar refractivity (Wildman–Crippen MR) is 114 cm³/mol. The summed E-state index contributed by atoms with van der Waals surface area (Å²) < 4.78 is 38.1. The minimum absolute atomic E-state index is 0.0944. The summed E-state index contributed by atoms with van der Waals surface area (Å²) in [6.45, 7) is 0.934. The number of rotatable bonds is 9. The lowest BCUT2D eigenvalue weighted by molar-refractivity contribution is 0.102. The molecule has 0 saturated carbocycles. The third kappa shape index (κ3) is 6.68. The lowest BCUT2D eigenvalue weighted by atomic mass is 10.1. The average Bonchev–Trinajstić information content (AvgIpc) is 2.78. The van der Waals surface area contributed by atoms with Gasteiger partial charge in [0.05, 0.1) is 12.8 Å². The van der Waals surface area contributed by atoms with Crippen molar-refractivity contribution in [3.05, 3.63) is 83.3 Å². The minimum Gasteiger partial charge on any atom is -0.493 e. The Morgan fingerprint density at radius 3 is 2.74 bits per heavy atom. The zero-order valence-electron chi connectivity index (χ0n) is 16.8. The van der Waals surface area contributed by atoms with E-state index < -0.39 is 17.5 Å². The summed E-state index contributed by atoms with van der Waals surface area (Å²) in [6.07, 6.45) is 8.08. The van der Waals surface area contributed by atoms with Crippen LogP contribution in [0.5, 0.6) is 5.75 Å². The van der Waals surface area contributed by atoms with Gasteiger partial charge in [0.15, 0.2) is 5.82 Å². The zero-order valence-corrected chi connectivity index (χ0v) is 16.8. The van der Waals surface area contributed by atoms with Crippen LogP contribution in [0.3, 0.4) is 0 Å². The molecule has 1 heterocycles. The Kier molecular flexibility index (Phi) is 7.78. The van der Waals surface area contributed by atoms with Gasteiger partial charge in [-0.2, -0.15) is 0 Å². The topological polar surface area (TPSA) is 73.3 Å². The van der Waals surface area contributed by atoms with Crippen molar-refractivity contribution in [3.8, 4) is 5.75 Å². The molecule has 0 fully saturated rings. The molecule has 6 nitrogen and oxygen atoms in total. The van der Waals surface area contributed by atoms with Crippen LogP contribution in [0, 0.1) is 11.6 Å². The van der Waals surface area contributed by atoms with E-state index in [0.717, 1.165) is 18.2 Å². The maximum Gasteiger partial charge on any atom is 0.257 e. The summed E-state index contributed by atoms with van der Waals surface area (Å²) in [5.74, 6) is -0.736. The number of nitrogens with zero attached hydrogens (tertiary/aromatic N) is 2. The smallest absolute Gasteiger partial charge is 0.257 e. The van der Waals surface area contributed by atoms with Crippen LogP contribution in [0.25, 0.3) is 12.2 Å². The normalized spacial score (nSPS) is 10.9. The molecule has 0 aliphatic heterocycles. The molecule has 3 rings (SSSR count). The van der Waals surface area contributed by atoms with Crippen molar-refractivity contribution < 1.29 is 23.0 Å². The molecule has 0 radical (unpaired) electrons. The van der Waals surface area contributed by atoms with E-state index in [1.165, 1.54) is 24.7 Å². The van der Waals surface area contributed by atoms with Crippen LogP contribution in [0.1, 0.15) is 27.9 Å². The van der Waals surface area contributed by atoms with Crippen molar-refractivity contribution >= 4 is 23.9 Å². The van der Waals surface area contributed by atoms with Crippen molar-refractivity contribution in [2.24, 2.45) is 0 Å². The molecule has 2 aromatic carbocycles. The fraction of sp³-hybridized carbons (Fsp3) is 0.174. The molecule has 0 unspecified atom stereocenters. The van der Waals surface area contributed by atoms with Gasteiger partial charge in [-0.3, -0.25) is 9.78 Å². The number of hydrogen-bond donors (Lipinski definition) is 1. The number of anilines is 1. The number of carbonyl (C=O) groups is 1. The molecule has 0 saturated heterocycles. The number of amides is 1. The highest BCUT2D eigenvalue weighted by Crippen LogP contribution is 2.21. The highest BCUT2D eigenvalue weighted by molar-refractivity contribution is 6.04. The van der Waals surface area contributed by atoms with Gasteiger partial charge in [0.1, 0.15) is 17.4 Å². The summed E-state index contributed by atoms with van der Waals surface area (Å²) in [7, 11) is 1.60. The van der Waals surface area contributed by atoms with Crippen LogP contribution in [0.2, 0.25) is 0 Å². The Bertz CT molecular complexity index is 1060. The molecule has 3 aromatic rings. The third-order valence-electron chi connectivity index (χ3n) is 4.17. The van der Waals surface area contributed by atoms with Crippen molar-refractivity contribution in [1.82, 2.24) is 9.97 Å². The highest BCUT2D eigenvalue weighted by atomic mass is 19.1. The molecular formula is C23H21F2N3O3. The van der Waals surface area contributed by atoms with E-state index in [-0.39, 0.29) is 5.56 Å². The second-order valence-corrected chi connectivity index (χ2v) is 6.53. The second kappa shape index (κ2) is 10.9. The number of methoxy groups -OCH3 is 1. The largest absolute Gasteiger partial charge is 0.493 e. The van der Waals surface area contributed by atoms with Gasteiger partial charge in [0.25, 0.3) is 5.91 Å². The Morgan fingerprint density at radius 2 is 1.97 bits per heavy atom. The number of benzene rings is 2. The number of carbonyl (C=O) groups excluding carboxylic acids is 1. The Morgan fingerprint density at radius 1 is 1.10 bits per heavy atom. The minimum atomic E-state index is -0.551. The molecule has 0 atom stereocenters. The number of hydrogen-bond acceptors (Lipinski definition) is 5. The summed E-state index contributed by atoms with van der Waals surface area (Å²) in [5, 5.41) is 2.66. The Balaban J connectivity index is 1.86. The monoisotopic (exact) mass is 425 g/mol. The van der Waals surface area contributed by atoms with Gasteiger partial charge < -0.3 is 14.8 Å². The fourth-order valence-electron chi connectivity index (χ4n) is 2.71. The number of nitrogens with one attached hydrogen (secondary N) is 1. The number of ether oxygens (including phenoxy) is 2. The van der Waals surface area contributed by atoms with E-state index in [1.807, 2.05) is 0 Å². The Labute approximate surface area is 178 Å². The molecule has 1 aromatic heterocycles. The zero-order chi connectivity index (χ0) is 22.1. The molecule has 8 heteroatoms. The molecule has 1 N–H and O–H groups in total. The van der Waals surface area contributed by atoms with Crippen LogP contribution >= 0.6 is 0 Å². The predicted octanol–water partition coefficient (Wildman–Crippen LogP) is 4.59. The van der Waals surface area contributed by atoms with Crippen LogP contribution < -0.4 is 10.1 Å². The van der Waals surface area contributed by atoms with Gasteiger partial charge in [0, 0.05) is 43.7 Å². The summed E-state index contributed by atoms with van der Waals surface area (Å²) in [6, 6.07) is 8.12. The first-order valence-corrected chi connectivity index (χ1v) is 9.52. The first kappa shape index (κ1) is 22.0. The molecular weight excluding hydrogens is 404 g/mol. The second-order valence-electron chi connectivity index (χ2n) is 6.53. The van der Waals surface area contributed by atoms with Gasteiger partial charge in [-0.15, -0.1) is 0 Å². The number of halogens is 2. The lowest BCUT2D eigenvalue weighted by Gasteiger charge is -2.10. The quantitative estimate of drug-likeness (QED) is 0.401.